The van der Waals surface area contributed by atoms with Crippen molar-refractivity contribution in [1.82, 2.24) is 5.32 Å². The van der Waals surface area contributed by atoms with Crippen molar-refractivity contribution in [3.05, 3.63) is 33.8 Å². The minimum Gasteiger partial charge on any atom is -0.475 e. The van der Waals surface area contributed by atoms with Crippen LogP contribution in [0.1, 0.15) is 18.4 Å². The van der Waals surface area contributed by atoms with Gasteiger partial charge in [-0.05, 0) is 42.5 Å². The highest BCUT2D eigenvalue weighted by molar-refractivity contribution is 6.40. The molecular weight excluding hydrogens is 303 g/mol. The van der Waals surface area contributed by atoms with Gasteiger partial charge in [-0.25, -0.2) is 9.79 Å². The predicted molar refractivity (Wildman–Crippen MR) is 74.1 cm³/mol. The number of amides is 1. The maximum atomic E-state index is 12.3. The first-order valence-electron chi connectivity index (χ1n) is 6.04. The number of carboxylic acid groups (broad SMARTS) is 1. The van der Waals surface area contributed by atoms with Gasteiger partial charge in [0.1, 0.15) is 0 Å². The molecule has 0 radical (unpaired) electrons. The van der Waals surface area contributed by atoms with Crippen molar-refractivity contribution in [2.75, 3.05) is 0 Å². The van der Waals surface area contributed by atoms with Crippen molar-refractivity contribution < 1.29 is 14.7 Å². The van der Waals surface area contributed by atoms with E-state index < -0.39 is 17.4 Å². The van der Waals surface area contributed by atoms with Crippen LogP contribution < -0.4 is 5.32 Å². The lowest BCUT2D eigenvalue weighted by molar-refractivity contribution is -0.130. The van der Waals surface area contributed by atoms with E-state index in [0.29, 0.717) is 15.6 Å². The third-order valence-electron chi connectivity index (χ3n) is 3.54. The molecular formula is C13H10Cl2N2O3. The second-order valence-corrected chi connectivity index (χ2v) is 5.79. The fourth-order valence-electron chi connectivity index (χ4n) is 2.54. The van der Waals surface area contributed by atoms with Crippen LogP contribution in [0.5, 0.6) is 0 Å². The van der Waals surface area contributed by atoms with E-state index in [1.54, 1.807) is 18.2 Å². The summed E-state index contributed by atoms with van der Waals surface area (Å²) < 4.78 is 0. The summed E-state index contributed by atoms with van der Waals surface area (Å²) in [6.07, 6.45) is 1.63. The first-order valence-corrected chi connectivity index (χ1v) is 6.80. The Bertz CT molecular complexity index is 635. The van der Waals surface area contributed by atoms with Crippen LogP contribution in [0, 0.1) is 5.92 Å². The molecule has 0 saturated heterocycles. The minimum atomic E-state index is -1.26. The van der Waals surface area contributed by atoms with Gasteiger partial charge in [0.05, 0.1) is 0 Å². The first-order chi connectivity index (χ1) is 9.43. The predicted octanol–water partition coefficient (Wildman–Crippen LogP) is 2.21. The number of nitrogens with one attached hydrogen (secondary N) is 1. The van der Waals surface area contributed by atoms with Crippen molar-refractivity contribution in [3.63, 3.8) is 0 Å². The lowest BCUT2D eigenvalue weighted by atomic mass is 9.85. The molecule has 1 unspecified atom stereocenters. The summed E-state index contributed by atoms with van der Waals surface area (Å²) >= 11 is 12.0. The Kier molecular flexibility index (Phi) is 2.99. The molecule has 1 aromatic carbocycles. The molecule has 1 aliphatic carbocycles. The summed E-state index contributed by atoms with van der Waals surface area (Å²) in [4.78, 5) is 27.5. The Morgan fingerprint density at radius 1 is 1.30 bits per heavy atom. The average molecular weight is 313 g/mol. The number of hydrogen-bond donors (Lipinski definition) is 2. The largest absolute Gasteiger partial charge is 0.475 e. The third-order valence-corrected chi connectivity index (χ3v) is 3.98. The fourth-order valence-corrected chi connectivity index (χ4v) is 3.07. The summed E-state index contributed by atoms with van der Waals surface area (Å²) in [6, 6.07) is 4.78. The molecule has 20 heavy (non-hydrogen) atoms. The molecule has 2 N–H and O–H groups in total. The van der Waals surface area contributed by atoms with E-state index in [1.807, 2.05) is 0 Å². The molecule has 1 amide bonds. The second kappa shape index (κ2) is 4.46. The van der Waals surface area contributed by atoms with Gasteiger partial charge in [-0.1, -0.05) is 23.2 Å². The number of carboxylic acids is 1. The van der Waals surface area contributed by atoms with Crippen LogP contribution in [-0.4, -0.2) is 22.8 Å². The molecule has 0 spiro atoms. The van der Waals surface area contributed by atoms with Crippen LogP contribution in [0.25, 0.3) is 0 Å². The number of halogens is 2. The molecule has 5 nitrogen and oxygen atoms in total. The van der Waals surface area contributed by atoms with E-state index in [9.17, 15) is 9.59 Å². The summed E-state index contributed by atoms with van der Waals surface area (Å²) in [5.41, 5.74) is -0.686. The van der Waals surface area contributed by atoms with Crippen molar-refractivity contribution in [1.29, 1.82) is 0 Å². The molecule has 1 heterocycles. The van der Waals surface area contributed by atoms with Crippen LogP contribution in [0.4, 0.5) is 0 Å². The van der Waals surface area contributed by atoms with Gasteiger partial charge in [-0.2, -0.15) is 0 Å². The topological polar surface area (TPSA) is 78.8 Å². The number of amidine groups is 1. The number of rotatable bonds is 3. The maximum Gasteiger partial charge on any atom is 0.371 e. The highest BCUT2D eigenvalue weighted by Crippen LogP contribution is 2.50. The molecule has 1 saturated carbocycles. The molecule has 7 heteroatoms. The molecule has 1 aromatic rings. The van der Waals surface area contributed by atoms with Crippen molar-refractivity contribution in [2.45, 2.75) is 18.4 Å². The molecule has 3 rings (SSSR count). The Balaban J connectivity index is 2.18. The third kappa shape index (κ3) is 1.98. The van der Waals surface area contributed by atoms with Crippen molar-refractivity contribution in [3.8, 4) is 0 Å². The number of aliphatic imine (C=N–C) groups is 1. The zero-order chi connectivity index (χ0) is 14.5. The van der Waals surface area contributed by atoms with E-state index in [4.69, 9.17) is 28.3 Å². The number of carbonyl (C=O) groups is 2. The zero-order valence-corrected chi connectivity index (χ0v) is 11.7. The van der Waals surface area contributed by atoms with Gasteiger partial charge in [0.15, 0.2) is 5.54 Å². The van der Waals surface area contributed by atoms with Crippen LogP contribution in [0.2, 0.25) is 10.0 Å². The smallest absolute Gasteiger partial charge is 0.371 e. The van der Waals surface area contributed by atoms with E-state index in [0.717, 1.165) is 12.8 Å². The van der Waals surface area contributed by atoms with Crippen LogP contribution in [0.15, 0.2) is 23.2 Å². The van der Waals surface area contributed by atoms with Gasteiger partial charge in [0.25, 0.3) is 5.91 Å². The van der Waals surface area contributed by atoms with E-state index in [-0.39, 0.29) is 11.8 Å². The first kappa shape index (κ1) is 13.4. The minimum absolute atomic E-state index is 0.0196. The van der Waals surface area contributed by atoms with Crippen molar-refractivity contribution >= 4 is 40.9 Å². The van der Waals surface area contributed by atoms with Crippen LogP contribution >= 0.6 is 23.2 Å². The Morgan fingerprint density at radius 3 is 2.35 bits per heavy atom. The summed E-state index contributed by atoms with van der Waals surface area (Å²) in [5, 5.41) is 12.1. The fraction of sp³-hybridized carbons (Fsp3) is 0.308. The number of hydrogen-bond acceptors (Lipinski definition) is 3. The number of nitrogens with zero attached hydrogens (tertiary/aromatic N) is 1. The van der Waals surface area contributed by atoms with Gasteiger partial charge in [-0.15, -0.1) is 0 Å². The number of aliphatic carboxylic acids is 1. The Hall–Kier alpha value is -1.59. The summed E-state index contributed by atoms with van der Waals surface area (Å²) in [6.45, 7) is 0. The lowest BCUT2D eigenvalue weighted by Crippen LogP contribution is -2.40. The molecule has 1 aliphatic heterocycles. The molecule has 104 valence electrons. The summed E-state index contributed by atoms with van der Waals surface area (Å²) in [5.74, 6) is -2.04. The standard InChI is InChI=1S/C13H10Cl2N2O3/c14-8-3-7(4-9(15)5-8)13(6-1-2-6)12(20)16-10(17-13)11(18)19/h3-6H,1-2H2,(H,18,19)(H,16,17,20). The quantitative estimate of drug-likeness (QED) is 0.898. The Labute approximate surface area is 124 Å². The highest BCUT2D eigenvalue weighted by atomic mass is 35.5. The highest BCUT2D eigenvalue weighted by Gasteiger charge is 2.56. The van der Waals surface area contributed by atoms with Crippen LogP contribution in [-0.2, 0) is 15.1 Å². The van der Waals surface area contributed by atoms with Crippen LogP contribution in [0.3, 0.4) is 0 Å². The van der Waals surface area contributed by atoms with Gasteiger partial charge < -0.3 is 10.4 Å². The maximum absolute atomic E-state index is 12.3. The van der Waals surface area contributed by atoms with Crippen molar-refractivity contribution in [2.24, 2.45) is 10.9 Å². The zero-order valence-electron chi connectivity index (χ0n) is 10.2. The monoisotopic (exact) mass is 312 g/mol. The summed E-state index contributed by atoms with van der Waals surface area (Å²) in [7, 11) is 0. The van der Waals surface area contributed by atoms with Gasteiger partial charge >= 0.3 is 5.97 Å². The molecule has 0 bridgehead atoms. The second-order valence-electron chi connectivity index (χ2n) is 4.92. The lowest BCUT2D eigenvalue weighted by Gasteiger charge is -2.24. The number of benzene rings is 1. The van der Waals surface area contributed by atoms with Gasteiger partial charge in [0, 0.05) is 10.0 Å². The Morgan fingerprint density at radius 2 is 1.90 bits per heavy atom. The van der Waals surface area contributed by atoms with Gasteiger partial charge in [0.2, 0.25) is 5.84 Å². The molecule has 1 fully saturated rings. The normalized spacial score (nSPS) is 25.3. The molecule has 2 aliphatic rings. The molecule has 1 atom stereocenters. The van der Waals surface area contributed by atoms with E-state index in [1.165, 1.54) is 0 Å². The molecule has 0 aromatic heterocycles. The SMILES string of the molecule is O=C(O)C1=NC(c2cc(Cl)cc(Cl)c2)(C2CC2)C(=O)N1. The van der Waals surface area contributed by atoms with E-state index in [2.05, 4.69) is 10.3 Å². The number of carbonyl (C=O) groups excluding carboxylic acids is 1. The average Bonchev–Trinajstić information content (AvgIpc) is 3.12. The van der Waals surface area contributed by atoms with E-state index >= 15 is 0 Å². The van der Waals surface area contributed by atoms with Gasteiger partial charge in [-0.3, -0.25) is 4.79 Å².